The van der Waals surface area contributed by atoms with E-state index in [0.29, 0.717) is 11.5 Å². The highest BCUT2D eigenvalue weighted by atomic mass is 79.9. The van der Waals surface area contributed by atoms with Crippen LogP contribution in [-0.4, -0.2) is 20.2 Å². The minimum atomic E-state index is -0.410. The van der Waals surface area contributed by atoms with Crippen LogP contribution in [0.15, 0.2) is 40.9 Å². The van der Waals surface area contributed by atoms with Gasteiger partial charge in [-0.1, -0.05) is 28.1 Å². The molecular weight excluding hydrogens is 337 g/mol. The van der Waals surface area contributed by atoms with Crippen molar-refractivity contribution in [3.05, 3.63) is 52.3 Å². The molecule has 0 radical (unpaired) electrons. The first-order chi connectivity index (χ1) is 10.1. The molecule has 1 heterocycles. The van der Waals surface area contributed by atoms with Gasteiger partial charge in [-0.05, 0) is 47.2 Å². The molecule has 0 spiro atoms. The molecule has 106 valence electrons. The predicted octanol–water partition coefficient (Wildman–Crippen LogP) is 3.12. The zero-order chi connectivity index (χ0) is 15.0. The molecule has 21 heavy (non-hydrogen) atoms. The number of aromatic nitrogens is 4. The van der Waals surface area contributed by atoms with Gasteiger partial charge in [0.2, 0.25) is 0 Å². The van der Waals surface area contributed by atoms with Crippen molar-refractivity contribution in [3.63, 3.8) is 0 Å². The fraction of sp³-hybridized carbons (Fsp3) is 0.0714. The van der Waals surface area contributed by atoms with Crippen LogP contribution in [0, 0.1) is 12.7 Å². The van der Waals surface area contributed by atoms with E-state index in [4.69, 9.17) is 5.73 Å². The summed E-state index contributed by atoms with van der Waals surface area (Å²) < 4.78 is 16.1. The molecule has 3 rings (SSSR count). The van der Waals surface area contributed by atoms with Crippen LogP contribution in [0.25, 0.3) is 17.1 Å². The number of rotatable bonds is 2. The molecular formula is C14H11BrFN5. The number of halogens is 2. The Morgan fingerprint density at radius 3 is 2.76 bits per heavy atom. The Labute approximate surface area is 128 Å². The Kier molecular flexibility index (Phi) is 3.42. The van der Waals surface area contributed by atoms with Crippen molar-refractivity contribution >= 4 is 21.6 Å². The number of hydrogen-bond donors (Lipinski definition) is 1. The summed E-state index contributed by atoms with van der Waals surface area (Å²) in [6, 6.07) is 10.1. The van der Waals surface area contributed by atoms with Gasteiger partial charge in [0.05, 0.1) is 0 Å². The second-order valence-electron chi connectivity index (χ2n) is 4.58. The summed E-state index contributed by atoms with van der Waals surface area (Å²) in [4.78, 5) is 0. The number of aryl methyl sites for hydroxylation is 1. The van der Waals surface area contributed by atoms with Crippen molar-refractivity contribution < 1.29 is 4.39 Å². The maximum Gasteiger partial charge on any atom is 0.187 e. The van der Waals surface area contributed by atoms with E-state index in [1.807, 2.05) is 19.1 Å². The molecule has 0 amide bonds. The predicted molar refractivity (Wildman–Crippen MR) is 81.4 cm³/mol. The lowest BCUT2D eigenvalue weighted by Gasteiger charge is -2.08. The molecule has 7 heteroatoms. The largest absolute Gasteiger partial charge is 0.398 e. The monoisotopic (exact) mass is 347 g/mol. The van der Waals surface area contributed by atoms with E-state index < -0.39 is 5.82 Å². The number of benzene rings is 2. The van der Waals surface area contributed by atoms with Gasteiger partial charge in [0.15, 0.2) is 5.82 Å². The van der Waals surface area contributed by atoms with Crippen LogP contribution in [0.4, 0.5) is 10.1 Å². The Balaban J connectivity index is 2.17. The molecule has 0 saturated carbocycles. The highest BCUT2D eigenvalue weighted by Crippen LogP contribution is 2.25. The summed E-state index contributed by atoms with van der Waals surface area (Å²) in [7, 11) is 0. The summed E-state index contributed by atoms with van der Waals surface area (Å²) in [5, 5.41) is 11.5. The number of anilines is 1. The smallest absolute Gasteiger partial charge is 0.187 e. The van der Waals surface area contributed by atoms with Gasteiger partial charge in [-0.25, -0.2) is 4.39 Å². The van der Waals surface area contributed by atoms with Gasteiger partial charge in [-0.3, -0.25) is 0 Å². The number of tetrazole rings is 1. The molecule has 3 aromatic rings. The molecule has 0 aliphatic carbocycles. The third kappa shape index (κ3) is 2.52. The first-order valence-electron chi connectivity index (χ1n) is 6.16. The lowest BCUT2D eigenvalue weighted by Crippen LogP contribution is -2.03. The average Bonchev–Trinajstić information content (AvgIpc) is 2.93. The third-order valence-corrected chi connectivity index (χ3v) is 3.64. The van der Waals surface area contributed by atoms with Crippen molar-refractivity contribution in [2.24, 2.45) is 0 Å². The molecule has 2 aromatic carbocycles. The average molecular weight is 348 g/mol. The van der Waals surface area contributed by atoms with Crippen LogP contribution >= 0.6 is 15.9 Å². The minimum absolute atomic E-state index is 0.267. The molecule has 0 bridgehead atoms. The van der Waals surface area contributed by atoms with Gasteiger partial charge in [0, 0.05) is 15.7 Å². The number of nitrogen functional groups attached to an aromatic ring is 1. The lowest BCUT2D eigenvalue weighted by atomic mass is 10.1. The quantitative estimate of drug-likeness (QED) is 0.723. The van der Waals surface area contributed by atoms with Crippen molar-refractivity contribution in [3.8, 4) is 17.1 Å². The maximum absolute atomic E-state index is 14.0. The molecule has 2 N–H and O–H groups in total. The van der Waals surface area contributed by atoms with Crippen LogP contribution in [0.2, 0.25) is 0 Å². The minimum Gasteiger partial charge on any atom is -0.398 e. The van der Waals surface area contributed by atoms with E-state index >= 15 is 0 Å². The molecule has 1 aromatic heterocycles. The summed E-state index contributed by atoms with van der Waals surface area (Å²) in [5.41, 5.74) is 8.50. The summed E-state index contributed by atoms with van der Waals surface area (Å²) >= 11 is 3.32. The van der Waals surface area contributed by atoms with Gasteiger partial charge in [-0.2, -0.15) is 4.68 Å². The first-order valence-corrected chi connectivity index (χ1v) is 6.96. The molecule has 0 atom stereocenters. The fourth-order valence-corrected chi connectivity index (χ4v) is 2.31. The topological polar surface area (TPSA) is 69.6 Å². The van der Waals surface area contributed by atoms with Crippen molar-refractivity contribution in [2.45, 2.75) is 6.92 Å². The Morgan fingerprint density at radius 2 is 2.00 bits per heavy atom. The van der Waals surface area contributed by atoms with Gasteiger partial charge in [-0.15, -0.1) is 5.10 Å². The zero-order valence-corrected chi connectivity index (χ0v) is 12.7. The van der Waals surface area contributed by atoms with Crippen LogP contribution in [-0.2, 0) is 0 Å². The molecule has 0 aliphatic rings. The van der Waals surface area contributed by atoms with Gasteiger partial charge < -0.3 is 5.73 Å². The highest BCUT2D eigenvalue weighted by Gasteiger charge is 2.15. The van der Waals surface area contributed by atoms with Crippen LogP contribution in [0.1, 0.15) is 5.56 Å². The van der Waals surface area contributed by atoms with Crippen molar-refractivity contribution in [1.29, 1.82) is 0 Å². The summed E-state index contributed by atoms with van der Waals surface area (Å²) in [6.45, 7) is 1.91. The lowest BCUT2D eigenvalue weighted by molar-refractivity contribution is 0.607. The molecule has 5 nitrogen and oxygen atoms in total. The van der Waals surface area contributed by atoms with Gasteiger partial charge in [0.1, 0.15) is 11.5 Å². The standard InChI is InChI=1S/C14H11BrFN5/c1-8-2-3-9(6-12(8)17)14-18-19-20-21(14)13-7-10(15)4-5-11(13)16/h2-7H,17H2,1H3. The number of nitrogens with two attached hydrogens (primary N) is 1. The Bertz CT molecular complexity index is 815. The zero-order valence-electron chi connectivity index (χ0n) is 11.1. The van der Waals surface area contributed by atoms with E-state index in [9.17, 15) is 4.39 Å². The van der Waals surface area contributed by atoms with Crippen LogP contribution in [0.5, 0.6) is 0 Å². The molecule has 0 aliphatic heterocycles. The highest BCUT2D eigenvalue weighted by molar-refractivity contribution is 9.10. The molecule has 0 fully saturated rings. The fourth-order valence-electron chi connectivity index (χ4n) is 1.96. The summed E-state index contributed by atoms with van der Waals surface area (Å²) in [6.07, 6.45) is 0. The van der Waals surface area contributed by atoms with Gasteiger partial charge in [0.25, 0.3) is 0 Å². The molecule has 0 saturated heterocycles. The van der Waals surface area contributed by atoms with Crippen LogP contribution in [0.3, 0.4) is 0 Å². The van der Waals surface area contributed by atoms with E-state index in [1.54, 1.807) is 18.2 Å². The first kappa shape index (κ1) is 13.7. The van der Waals surface area contributed by atoms with Crippen molar-refractivity contribution in [2.75, 3.05) is 5.73 Å². The maximum atomic E-state index is 14.0. The van der Waals surface area contributed by atoms with E-state index in [2.05, 4.69) is 31.5 Å². The van der Waals surface area contributed by atoms with E-state index in [1.165, 1.54) is 10.7 Å². The Morgan fingerprint density at radius 1 is 1.19 bits per heavy atom. The Hall–Kier alpha value is -2.28. The van der Waals surface area contributed by atoms with Crippen LogP contribution < -0.4 is 5.73 Å². The van der Waals surface area contributed by atoms with E-state index in [-0.39, 0.29) is 5.69 Å². The van der Waals surface area contributed by atoms with E-state index in [0.717, 1.165) is 15.6 Å². The second-order valence-corrected chi connectivity index (χ2v) is 5.50. The normalized spacial score (nSPS) is 10.8. The second kappa shape index (κ2) is 5.25. The van der Waals surface area contributed by atoms with Crippen molar-refractivity contribution in [1.82, 2.24) is 20.2 Å². The number of hydrogen-bond acceptors (Lipinski definition) is 4. The molecule has 0 unspecified atom stereocenters. The number of nitrogens with zero attached hydrogens (tertiary/aromatic N) is 4. The summed E-state index contributed by atoms with van der Waals surface area (Å²) in [5.74, 6) is 0.0190. The SMILES string of the molecule is Cc1ccc(-c2nnnn2-c2cc(Br)ccc2F)cc1N. The third-order valence-electron chi connectivity index (χ3n) is 3.14. The van der Waals surface area contributed by atoms with Gasteiger partial charge >= 0.3 is 0 Å².